The first-order valence-electron chi connectivity index (χ1n) is 6.87. The van der Waals surface area contributed by atoms with Crippen LogP contribution in [0.1, 0.15) is 33.6 Å². The summed E-state index contributed by atoms with van der Waals surface area (Å²) in [6, 6.07) is -0.124. The quantitative estimate of drug-likeness (QED) is 0.727. The van der Waals surface area contributed by atoms with E-state index in [4.69, 9.17) is 14.5 Å². The van der Waals surface area contributed by atoms with Crippen molar-refractivity contribution in [2.45, 2.75) is 45.2 Å². The molecule has 1 aliphatic heterocycles. The molecule has 5 heteroatoms. The number of methoxy groups -OCH3 is 2. The molecule has 0 aromatic rings. The summed E-state index contributed by atoms with van der Waals surface area (Å²) in [7, 11) is 3.23. The molecule has 1 spiro atoms. The molecule has 0 aromatic carbocycles. The molecular weight excluding hydrogens is 256 g/mol. The van der Waals surface area contributed by atoms with Gasteiger partial charge in [-0.3, -0.25) is 4.79 Å². The fourth-order valence-electron chi connectivity index (χ4n) is 2.92. The standard InChI is InChI=1S/C15H22N2O3/c1-9(2)12-13(19-4)17-15(14(16-12)20-5)6-10(3)11(7-15)8-18/h8-9,12H,6-7H2,1-5H3/t12-,15-/m1/s1. The summed E-state index contributed by atoms with van der Waals surface area (Å²) >= 11 is 0. The van der Waals surface area contributed by atoms with E-state index in [-0.39, 0.29) is 12.0 Å². The Morgan fingerprint density at radius 1 is 1.30 bits per heavy atom. The summed E-state index contributed by atoms with van der Waals surface area (Å²) in [6.07, 6.45) is 2.10. The maximum atomic E-state index is 11.1. The minimum absolute atomic E-state index is 0.124. The lowest BCUT2D eigenvalue weighted by molar-refractivity contribution is -0.105. The fraction of sp³-hybridized carbons (Fsp3) is 0.667. The van der Waals surface area contributed by atoms with Crippen LogP contribution < -0.4 is 0 Å². The molecule has 2 atom stereocenters. The van der Waals surface area contributed by atoms with E-state index in [0.29, 0.717) is 24.6 Å². The second-order valence-corrected chi connectivity index (χ2v) is 5.79. The highest BCUT2D eigenvalue weighted by Crippen LogP contribution is 2.41. The molecule has 0 aromatic heterocycles. The lowest BCUT2D eigenvalue weighted by Gasteiger charge is -2.33. The van der Waals surface area contributed by atoms with Crippen LogP contribution >= 0.6 is 0 Å². The Balaban J connectivity index is 2.42. The van der Waals surface area contributed by atoms with E-state index < -0.39 is 5.54 Å². The van der Waals surface area contributed by atoms with E-state index in [2.05, 4.69) is 18.8 Å². The van der Waals surface area contributed by atoms with E-state index in [1.54, 1.807) is 14.2 Å². The number of nitrogens with zero attached hydrogens (tertiary/aromatic N) is 2. The predicted molar refractivity (Wildman–Crippen MR) is 78.2 cm³/mol. The van der Waals surface area contributed by atoms with E-state index in [9.17, 15) is 4.79 Å². The average Bonchev–Trinajstić information content (AvgIpc) is 2.74. The number of rotatable bonds is 2. The van der Waals surface area contributed by atoms with Crippen LogP contribution in [0.15, 0.2) is 21.1 Å². The van der Waals surface area contributed by atoms with Gasteiger partial charge in [0.2, 0.25) is 11.8 Å². The van der Waals surface area contributed by atoms with Gasteiger partial charge in [0.15, 0.2) is 0 Å². The van der Waals surface area contributed by atoms with Crippen molar-refractivity contribution < 1.29 is 14.3 Å². The molecule has 0 unspecified atom stereocenters. The first-order valence-corrected chi connectivity index (χ1v) is 6.87. The van der Waals surface area contributed by atoms with Crippen LogP contribution in [0.3, 0.4) is 0 Å². The number of hydrogen-bond donors (Lipinski definition) is 0. The summed E-state index contributed by atoms with van der Waals surface area (Å²) in [5.74, 6) is 1.51. The maximum Gasteiger partial charge on any atom is 0.213 e. The monoisotopic (exact) mass is 278 g/mol. The van der Waals surface area contributed by atoms with E-state index in [1.807, 2.05) is 6.92 Å². The average molecular weight is 278 g/mol. The number of carbonyl (C=O) groups is 1. The second kappa shape index (κ2) is 5.38. The van der Waals surface area contributed by atoms with Crippen LogP contribution in [0, 0.1) is 5.92 Å². The van der Waals surface area contributed by atoms with Gasteiger partial charge in [-0.05, 0) is 18.4 Å². The normalized spacial score (nSPS) is 29.6. The SMILES string of the molecule is COC1=N[C@@]2(CC(C)=C(C=O)C2)C(OC)=N[C@@H]1C(C)C. The van der Waals surface area contributed by atoms with Crippen molar-refractivity contribution >= 4 is 18.1 Å². The fourth-order valence-corrected chi connectivity index (χ4v) is 2.92. The summed E-state index contributed by atoms with van der Waals surface area (Å²) in [5.41, 5.74) is 1.25. The molecule has 2 aliphatic rings. The second-order valence-electron chi connectivity index (χ2n) is 5.79. The van der Waals surface area contributed by atoms with Gasteiger partial charge in [0.1, 0.15) is 17.9 Å². The molecule has 1 heterocycles. The number of aliphatic imine (C=N–C) groups is 2. The zero-order valence-corrected chi connectivity index (χ0v) is 12.8. The Hall–Kier alpha value is -1.65. The third-order valence-electron chi connectivity index (χ3n) is 4.00. The molecule has 0 saturated heterocycles. The molecule has 5 nitrogen and oxygen atoms in total. The Morgan fingerprint density at radius 2 is 2.00 bits per heavy atom. The van der Waals surface area contributed by atoms with Gasteiger partial charge in [-0.15, -0.1) is 0 Å². The largest absolute Gasteiger partial charge is 0.483 e. The summed E-state index contributed by atoms with van der Waals surface area (Å²) in [6.45, 7) is 6.11. The number of ether oxygens (including phenoxy) is 2. The smallest absolute Gasteiger partial charge is 0.213 e. The van der Waals surface area contributed by atoms with Crippen LogP contribution in [-0.2, 0) is 14.3 Å². The van der Waals surface area contributed by atoms with Gasteiger partial charge < -0.3 is 9.47 Å². The lowest BCUT2D eigenvalue weighted by Crippen LogP contribution is -2.45. The molecule has 20 heavy (non-hydrogen) atoms. The van der Waals surface area contributed by atoms with Gasteiger partial charge in [0.05, 0.1) is 14.2 Å². The van der Waals surface area contributed by atoms with E-state index >= 15 is 0 Å². The van der Waals surface area contributed by atoms with Crippen molar-refractivity contribution in [3.63, 3.8) is 0 Å². The summed E-state index contributed by atoms with van der Waals surface area (Å²) in [5, 5.41) is 0. The predicted octanol–water partition coefficient (Wildman–Crippen LogP) is 2.16. The van der Waals surface area contributed by atoms with Gasteiger partial charge in [0, 0.05) is 12.8 Å². The topological polar surface area (TPSA) is 60.2 Å². The lowest BCUT2D eigenvalue weighted by atomic mass is 9.91. The van der Waals surface area contributed by atoms with Gasteiger partial charge >= 0.3 is 0 Å². The number of hydrogen-bond acceptors (Lipinski definition) is 5. The minimum atomic E-state index is -0.591. The molecule has 0 N–H and O–H groups in total. The number of aldehydes is 1. The van der Waals surface area contributed by atoms with Gasteiger partial charge in [-0.25, -0.2) is 9.98 Å². The highest BCUT2D eigenvalue weighted by Gasteiger charge is 2.47. The van der Waals surface area contributed by atoms with Crippen molar-refractivity contribution in [2.24, 2.45) is 15.9 Å². The third-order valence-corrected chi connectivity index (χ3v) is 4.00. The molecule has 2 rings (SSSR count). The molecule has 1 aliphatic carbocycles. The Morgan fingerprint density at radius 3 is 2.45 bits per heavy atom. The van der Waals surface area contributed by atoms with Crippen molar-refractivity contribution in [1.29, 1.82) is 0 Å². The van der Waals surface area contributed by atoms with Crippen LogP contribution in [0.2, 0.25) is 0 Å². The maximum absolute atomic E-state index is 11.1. The zero-order valence-electron chi connectivity index (χ0n) is 12.8. The molecule has 0 fully saturated rings. The molecule has 0 amide bonds. The van der Waals surface area contributed by atoms with E-state index in [1.165, 1.54) is 0 Å². The highest BCUT2D eigenvalue weighted by molar-refractivity contribution is 5.99. The first-order chi connectivity index (χ1) is 9.47. The summed E-state index contributed by atoms with van der Waals surface area (Å²) in [4.78, 5) is 20.6. The molecule has 0 radical (unpaired) electrons. The first kappa shape index (κ1) is 14.8. The van der Waals surface area contributed by atoms with Crippen LogP contribution in [0.4, 0.5) is 0 Å². The Bertz CT molecular complexity index is 505. The molecular formula is C15H22N2O3. The van der Waals surface area contributed by atoms with Gasteiger partial charge in [-0.1, -0.05) is 19.4 Å². The van der Waals surface area contributed by atoms with Gasteiger partial charge in [-0.2, -0.15) is 0 Å². The Kier molecular flexibility index (Phi) is 3.97. The van der Waals surface area contributed by atoms with Gasteiger partial charge in [0.25, 0.3) is 0 Å². The van der Waals surface area contributed by atoms with Crippen molar-refractivity contribution in [3.8, 4) is 0 Å². The van der Waals surface area contributed by atoms with Crippen LogP contribution in [0.5, 0.6) is 0 Å². The van der Waals surface area contributed by atoms with Crippen molar-refractivity contribution in [2.75, 3.05) is 14.2 Å². The van der Waals surface area contributed by atoms with Crippen molar-refractivity contribution in [3.05, 3.63) is 11.1 Å². The minimum Gasteiger partial charge on any atom is -0.483 e. The molecule has 0 bridgehead atoms. The molecule has 110 valence electrons. The summed E-state index contributed by atoms with van der Waals surface area (Å²) < 4.78 is 10.9. The third kappa shape index (κ3) is 2.25. The Labute approximate surface area is 119 Å². The highest BCUT2D eigenvalue weighted by atomic mass is 16.5. The zero-order chi connectivity index (χ0) is 14.9. The van der Waals surface area contributed by atoms with Crippen LogP contribution in [-0.4, -0.2) is 43.9 Å². The van der Waals surface area contributed by atoms with Crippen molar-refractivity contribution in [1.82, 2.24) is 0 Å². The molecule has 0 saturated carbocycles. The number of carbonyl (C=O) groups excluding carboxylic acids is 1. The van der Waals surface area contributed by atoms with Crippen LogP contribution in [0.25, 0.3) is 0 Å². The van der Waals surface area contributed by atoms with E-state index in [0.717, 1.165) is 17.4 Å².